The molecule has 0 aliphatic carbocycles. The maximum atomic E-state index is 14.2. The summed E-state index contributed by atoms with van der Waals surface area (Å²) in [5, 5.41) is 10.4. The number of halogens is 3. The van der Waals surface area contributed by atoms with E-state index in [9.17, 15) is 18.3 Å². The lowest BCUT2D eigenvalue weighted by Gasteiger charge is -2.12. The van der Waals surface area contributed by atoms with Crippen LogP contribution < -0.4 is 0 Å². The largest absolute Gasteiger partial charge is 0.508 e. The maximum absolute atomic E-state index is 14.2. The highest BCUT2D eigenvalue weighted by Crippen LogP contribution is 2.34. The first-order valence-electron chi connectivity index (χ1n) is 7.15. The number of hydrogen-bond acceptors (Lipinski definition) is 2. The number of phenols is 1. The van der Waals surface area contributed by atoms with Gasteiger partial charge in [-0.1, -0.05) is 13.8 Å². The average molecular weight is 317 g/mol. The number of aromatic nitrogens is 1. The van der Waals surface area contributed by atoms with Crippen LogP contribution in [0.25, 0.3) is 22.0 Å². The molecule has 2 aromatic carbocycles. The lowest BCUT2D eigenvalue weighted by molar-refractivity contribution is 0.454. The first-order valence-corrected chi connectivity index (χ1v) is 7.15. The van der Waals surface area contributed by atoms with Crippen LogP contribution in [0.4, 0.5) is 13.2 Å². The van der Waals surface area contributed by atoms with E-state index in [4.69, 9.17) is 0 Å². The van der Waals surface area contributed by atoms with E-state index < -0.39 is 17.5 Å². The van der Waals surface area contributed by atoms with Crippen molar-refractivity contribution < 1.29 is 18.3 Å². The van der Waals surface area contributed by atoms with Gasteiger partial charge in [-0.2, -0.15) is 0 Å². The summed E-state index contributed by atoms with van der Waals surface area (Å²) in [6, 6.07) is 6.75. The highest BCUT2D eigenvalue weighted by Gasteiger charge is 2.15. The fourth-order valence-electron chi connectivity index (χ4n) is 2.64. The van der Waals surface area contributed by atoms with Gasteiger partial charge in [0.1, 0.15) is 17.1 Å². The minimum absolute atomic E-state index is 0.0859. The van der Waals surface area contributed by atoms with Crippen LogP contribution in [0, 0.1) is 17.5 Å². The van der Waals surface area contributed by atoms with Crippen molar-refractivity contribution in [2.75, 3.05) is 0 Å². The van der Waals surface area contributed by atoms with Gasteiger partial charge >= 0.3 is 0 Å². The smallest absolute Gasteiger partial charge is 0.184 e. The predicted molar refractivity (Wildman–Crippen MR) is 82.8 cm³/mol. The quantitative estimate of drug-likeness (QED) is 0.709. The number of fused-ring (bicyclic) bond motifs is 1. The molecule has 1 aromatic heterocycles. The van der Waals surface area contributed by atoms with Crippen molar-refractivity contribution >= 4 is 10.9 Å². The van der Waals surface area contributed by atoms with Gasteiger partial charge in [0, 0.05) is 22.7 Å². The van der Waals surface area contributed by atoms with E-state index in [2.05, 4.69) is 4.98 Å². The molecule has 23 heavy (non-hydrogen) atoms. The second kappa shape index (κ2) is 5.57. The van der Waals surface area contributed by atoms with Gasteiger partial charge in [0.15, 0.2) is 11.6 Å². The van der Waals surface area contributed by atoms with Crippen molar-refractivity contribution in [1.82, 2.24) is 4.98 Å². The van der Waals surface area contributed by atoms with Crippen molar-refractivity contribution in [3.63, 3.8) is 0 Å². The van der Waals surface area contributed by atoms with Crippen molar-refractivity contribution in [2.45, 2.75) is 19.8 Å². The predicted octanol–water partition coefficient (Wildman–Crippen LogP) is 5.15. The van der Waals surface area contributed by atoms with Crippen LogP contribution in [-0.2, 0) is 0 Å². The van der Waals surface area contributed by atoms with E-state index in [1.165, 1.54) is 24.4 Å². The Morgan fingerprint density at radius 1 is 0.957 bits per heavy atom. The van der Waals surface area contributed by atoms with E-state index in [0.717, 1.165) is 6.07 Å². The number of phenolic OH excluding ortho intramolecular Hbond substituents is 1. The third kappa shape index (κ3) is 2.63. The van der Waals surface area contributed by atoms with Gasteiger partial charge in [-0.25, -0.2) is 13.2 Å². The molecule has 0 radical (unpaired) electrons. The molecule has 0 aliphatic rings. The summed E-state index contributed by atoms with van der Waals surface area (Å²) in [5.41, 5.74) is 1.09. The molecular formula is C18H14F3NO. The van der Waals surface area contributed by atoms with Gasteiger partial charge < -0.3 is 5.11 Å². The number of benzene rings is 2. The molecule has 0 fully saturated rings. The number of nitrogens with zero attached hydrogens (tertiary/aromatic N) is 1. The van der Waals surface area contributed by atoms with Gasteiger partial charge in [-0.05, 0) is 41.8 Å². The molecule has 1 heterocycles. The van der Waals surface area contributed by atoms with Gasteiger partial charge in [0.2, 0.25) is 0 Å². The molecule has 0 spiro atoms. The number of rotatable bonds is 2. The van der Waals surface area contributed by atoms with Crippen LogP contribution in [0.2, 0.25) is 0 Å². The maximum Gasteiger partial charge on any atom is 0.184 e. The molecule has 0 aliphatic heterocycles. The zero-order chi connectivity index (χ0) is 16.7. The summed E-state index contributed by atoms with van der Waals surface area (Å²) < 4.78 is 41.1. The van der Waals surface area contributed by atoms with Gasteiger partial charge in [-0.15, -0.1) is 0 Å². The minimum Gasteiger partial charge on any atom is -0.508 e. The van der Waals surface area contributed by atoms with Crippen molar-refractivity contribution in [3.8, 4) is 16.9 Å². The Bertz CT molecular complexity index is 883. The van der Waals surface area contributed by atoms with Crippen LogP contribution in [0.1, 0.15) is 25.3 Å². The summed E-state index contributed by atoms with van der Waals surface area (Å²) in [4.78, 5) is 3.92. The van der Waals surface area contributed by atoms with Gasteiger partial charge in [0.05, 0.1) is 0 Å². The lowest BCUT2D eigenvalue weighted by atomic mass is 9.97. The lowest BCUT2D eigenvalue weighted by Crippen LogP contribution is -1.95. The summed E-state index contributed by atoms with van der Waals surface area (Å²) in [6.07, 6.45) is 1.33. The standard InChI is InChI=1S/C18H14F3NO/c1-9(2)16-14(20)6-11(7-15(16)23)12-5-10-3-4-13(19)17(21)18(10)22-8-12/h3-9,23H,1-2H3. The monoisotopic (exact) mass is 317 g/mol. The van der Waals surface area contributed by atoms with Gasteiger partial charge in [-0.3, -0.25) is 4.98 Å². The molecule has 118 valence electrons. The molecule has 0 saturated carbocycles. The molecule has 1 N–H and O–H groups in total. The molecule has 0 atom stereocenters. The number of aromatic hydroxyl groups is 1. The summed E-state index contributed by atoms with van der Waals surface area (Å²) in [7, 11) is 0. The van der Waals surface area contributed by atoms with Crippen molar-refractivity contribution in [2.24, 2.45) is 0 Å². The van der Waals surface area contributed by atoms with E-state index >= 15 is 0 Å². The Hall–Kier alpha value is -2.56. The van der Waals surface area contributed by atoms with E-state index in [1.54, 1.807) is 19.9 Å². The van der Waals surface area contributed by atoms with E-state index in [1.807, 2.05) is 0 Å². The Labute approximate surface area is 131 Å². The minimum atomic E-state index is -1.02. The Balaban J connectivity index is 2.16. The van der Waals surface area contributed by atoms with Crippen molar-refractivity contribution in [3.05, 3.63) is 59.5 Å². The zero-order valence-corrected chi connectivity index (χ0v) is 12.6. The van der Waals surface area contributed by atoms with Crippen LogP contribution in [0.15, 0.2) is 36.5 Å². The Kier molecular flexibility index (Phi) is 3.72. The molecule has 2 nitrogen and oxygen atoms in total. The first kappa shape index (κ1) is 15.3. The van der Waals surface area contributed by atoms with Crippen LogP contribution in [0.3, 0.4) is 0 Å². The highest BCUT2D eigenvalue weighted by molar-refractivity contribution is 5.84. The molecule has 0 saturated heterocycles. The second-order valence-electron chi connectivity index (χ2n) is 5.70. The first-order chi connectivity index (χ1) is 10.9. The molecule has 0 unspecified atom stereocenters. The average Bonchev–Trinajstić information content (AvgIpc) is 2.49. The zero-order valence-electron chi connectivity index (χ0n) is 12.6. The van der Waals surface area contributed by atoms with Crippen LogP contribution in [-0.4, -0.2) is 10.1 Å². The Morgan fingerprint density at radius 2 is 1.70 bits per heavy atom. The molecule has 5 heteroatoms. The second-order valence-corrected chi connectivity index (χ2v) is 5.70. The van der Waals surface area contributed by atoms with E-state index in [0.29, 0.717) is 16.5 Å². The third-order valence-corrected chi connectivity index (χ3v) is 3.76. The molecular weight excluding hydrogens is 303 g/mol. The summed E-state index contributed by atoms with van der Waals surface area (Å²) in [6.45, 7) is 3.57. The molecule has 3 aromatic rings. The Morgan fingerprint density at radius 3 is 2.35 bits per heavy atom. The third-order valence-electron chi connectivity index (χ3n) is 3.76. The van der Waals surface area contributed by atoms with E-state index in [-0.39, 0.29) is 22.7 Å². The molecule has 3 rings (SSSR count). The van der Waals surface area contributed by atoms with Crippen molar-refractivity contribution in [1.29, 1.82) is 0 Å². The topological polar surface area (TPSA) is 33.1 Å². The fraction of sp³-hybridized carbons (Fsp3) is 0.167. The van der Waals surface area contributed by atoms with Gasteiger partial charge in [0.25, 0.3) is 0 Å². The number of pyridine rings is 1. The summed E-state index contributed by atoms with van der Waals surface area (Å²) >= 11 is 0. The molecule has 0 bridgehead atoms. The number of hydrogen-bond donors (Lipinski definition) is 1. The van der Waals surface area contributed by atoms with Crippen LogP contribution in [0.5, 0.6) is 5.75 Å². The summed E-state index contributed by atoms with van der Waals surface area (Å²) in [5.74, 6) is -2.79. The normalized spacial score (nSPS) is 11.4. The highest BCUT2D eigenvalue weighted by atomic mass is 19.2. The fourth-order valence-corrected chi connectivity index (χ4v) is 2.64. The molecule has 0 amide bonds. The van der Waals surface area contributed by atoms with Crippen LogP contribution >= 0.6 is 0 Å². The SMILES string of the molecule is CC(C)c1c(O)cc(-c2cnc3c(F)c(F)ccc3c2)cc1F.